The number of rotatable bonds is 3. The number of benzene rings is 1. The maximum Gasteiger partial charge on any atom is 0.274 e. The number of carbonyl (C=O) groups excluding carboxylic acids is 1. The number of nitrogens with one attached hydrogen (secondary N) is 1. The molecule has 0 saturated carbocycles. The van der Waals surface area contributed by atoms with Crippen LogP contribution in [0, 0.1) is 5.82 Å². The van der Waals surface area contributed by atoms with E-state index in [4.69, 9.17) is 0 Å². The van der Waals surface area contributed by atoms with Gasteiger partial charge in [0.05, 0.1) is 24.1 Å². The Morgan fingerprint density at radius 2 is 2.04 bits per heavy atom. The Labute approximate surface area is 143 Å². The first-order chi connectivity index (χ1) is 12.2. The fourth-order valence-electron chi connectivity index (χ4n) is 3.28. The molecule has 1 fully saturated rings. The lowest BCUT2D eigenvalue weighted by Gasteiger charge is -2.24. The van der Waals surface area contributed by atoms with Gasteiger partial charge in [0.15, 0.2) is 0 Å². The van der Waals surface area contributed by atoms with Crippen LogP contribution in [0.1, 0.15) is 35.1 Å². The van der Waals surface area contributed by atoms with Gasteiger partial charge in [-0.05, 0) is 30.5 Å². The van der Waals surface area contributed by atoms with Crippen molar-refractivity contribution in [1.29, 1.82) is 0 Å². The van der Waals surface area contributed by atoms with E-state index in [-0.39, 0.29) is 17.8 Å². The zero-order valence-electron chi connectivity index (χ0n) is 13.4. The van der Waals surface area contributed by atoms with Crippen molar-refractivity contribution in [3.05, 3.63) is 66.3 Å². The summed E-state index contributed by atoms with van der Waals surface area (Å²) in [5, 5.41) is 7.17. The molecule has 0 unspecified atom stereocenters. The smallest absolute Gasteiger partial charge is 0.274 e. The molecule has 126 valence electrons. The second kappa shape index (κ2) is 6.43. The summed E-state index contributed by atoms with van der Waals surface area (Å²) in [6.45, 7) is 0.655. The van der Waals surface area contributed by atoms with Crippen LogP contribution in [-0.4, -0.2) is 37.5 Å². The van der Waals surface area contributed by atoms with Crippen molar-refractivity contribution in [2.45, 2.75) is 18.9 Å². The highest BCUT2D eigenvalue weighted by Gasteiger charge is 2.33. The third-order valence-corrected chi connectivity index (χ3v) is 4.45. The number of aromatic nitrogens is 4. The molecular weight excluding hydrogens is 321 g/mol. The van der Waals surface area contributed by atoms with Crippen LogP contribution in [-0.2, 0) is 0 Å². The molecule has 1 N–H and O–H groups in total. The molecule has 0 aliphatic carbocycles. The SMILES string of the molecule is O=C(c1cnccn1)N1CCC[C@@H]1c1[nH]ncc1-c1ccc(F)cc1. The summed E-state index contributed by atoms with van der Waals surface area (Å²) in [7, 11) is 0. The average molecular weight is 337 g/mol. The quantitative estimate of drug-likeness (QED) is 0.797. The van der Waals surface area contributed by atoms with Crippen LogP contribution in [0.2, 0.25) is 0 Å². The van der Waals surface area contributed by atoms with Crippen molar-refractivity contribution in [2.75, 3.05) is 6.54 Å². The first-order valence-corrected chi connectivity index (χ1v) is 8.10. The van der Waals surface area contributed by atoms with Gasteiger partial charge in [0, 0.05) is 24.5 Å². The summed E-state index contributed by atoms with van der Waals surface area (Å²) in [5.74, 6) is -0.427. The number of carbonyl (C=O) groups is 1. The van der Waals surface area contributed by atoms with Crippen LogP contribution >= 0.6 is 0 Å². The number of aromatic amines is 1. The van der Waals surface area contributed by atoms with Crippen molar-refractivity contribution < 1.29 is 9.18 Å². The third kappa shape index (κ3) is 2.88. The van der Waals surface area contributed by atoms with E-state index in [1.807, 2.05) is 0 Å². The summed E-state index contributed by atoms with van der Waals surface area (Å²) in [4.78, 5) is 22.7. The van der Waals surface area contributed by atoms with Crippen LogP contribution < -0.4 is 0 Å². The minimum atomic E-state index is -0.283. The first-order valence-electron chi connectivity index (χ1n) is 8.10. The number of halogens is 1. The summed E-state index contributed by atoms with van der Waals surface area (Å²) in [6, 6.07) is 6.16. The monoisotopic (exact) mass is 337 g/mol. The zero-order chi connectivity index (χ0) is 17.2. The van der Waals surface area contributed by atoms with E-state index in [0.29, 0.717) is 12.2 Å². The highest BCUT2D eigenvalue weighted by Crippen LogP contribution is 2.37. The van der Waals surface area contributed by atoms with Gasteiger partial charge in [0.25, 0.3) is 5.91 Å². The molecule has 1 aromatic carbocycles. The standard InChI is InChI=1S/C18H16FN5O/c19-13-5-3-12(4-6-13)14-10-22-23-17(14)16-2-1-9-24(16)18(25)15-11-20-7-8-21-15/h3-8,10-11,16H,1-2,9H2,(H,22,23)/t16-/m1/s1. The number of amides is 1. The number of hydrogen-bond donors (Lipinski definition) is 1. The van der Waals surface area contributed by atoms with E-state index >= 15 is 0 Å². The van der Waals surface area contributed by atoms with E-state index in [1.165, 1.54) is 24.5 Å². The Morgan fingerprint density at radius 1 is 1.20 bits per heavy atom. The van der Waals surface area contributed by atoms with Crippen LogP contribution in [0.4, 0.5) is 4.39 Å². The molecule has 1 atom stereocenters. The van der Waals surface area contributed by atoms with E-state index in [9.17, 15) is 9.18 Å². The van der Waals surface area contributed by atoms with Crippen molar-refractivity contribution >= 4 is 5.91 Å². The molecule has 3 aromatic rings. The topological polar surface area (TPSA) is 74.8 Å². The second-order valence-electron chi connectivity index (χ2n) is 5.95. The molecule has 0 spiro atoms. The van der Waals surface area contributed by atoms with Crippen molar-refractivity contribution in [3.8, 4) is 11.1 Å². The molecule has 1 aliphatic heterocycles. The highest BCUT2D eigenvalue weighted by atomic mass is 19.1. The highest BCUT2D eigenvalue weighted by molar-refractivity contribution is 5.92. The molecule has 25 heavy (non-hydrogen) atoms. The fraction of sp³-hybridized carbons (Fsp3) is 0.222. The van der Waals surface area contributed by atoms with Crippen LogP contribution in [0.3, 0.4) is 0 Å². The van der Waals surface area contributed by atoms with Gasteiger partial charge < -0.3 is 4.90 Å². The van der Waals surface area contributed by atoms with Crippen molar-refractivity contribution in [1.82, 2.24) is 25.1 Å². The molecule has 7 heteroatoms. The Balaban J connectivity index is 1.67. The number of nitrogens with zero attached hydrogens (tertiary/aromatic N) is 4. The summed E-state index contributed by atoms with van der Waals surface area (Å²) >= 11 is 0. The van der Waals surface area contributed by atoms with Crippen LogP contribution in [0.25, 0.3) is 11.1 Å². The molecule has 3 heterocycles. The average Bonchev–Trinajstić information content (AvgIpc) is 3.31. The lowest BCUT2D eigenvalue weighted by molar-refractivity contribution is 0.0727. The molecule has 1 amide bonds. The summed E-state index contributed by atoms with van der Waals surface area (Å²) < 4.78 is 13.2. The molecule has 0 bridgehead atoms. The second-order valence-corrected chi connectivity index (χ2v) is 5.95. The van der Waals surface area contributed by atoms with Crippen molar-refractivity contribution in [2.24, 2.45) is 0 Å². The number of H-pyrrole nitrogens is 1. The zero-order valence-corrected chi connectivity index (χ0v) is 13.4. The summed E-state index contributed by atoms with van der Waals surface area (Å²) in [5.41, 5.74) is 2.94. The van der Waals surface area contributed by atoms with Crippen LogP contribution in [0.5, 0.6) is 0 Å². The minimum Gasteiger partial charge on any atom is -0.329 e. The van der Waals surface area contributed by atoms with Gasteiger partial charge in [-0.15, -0.1) is 0 Å². The van der Waals surface area contributed by atoms with E-state index < -0.39 is 0 Å². The maximum absolute atomic E-state index is 13.2. The lowest BCUT2D eigenvalue weighted by atomic mass is 10.0. The van der Waals surface area contributed by atoms with Gasteiger partial charge in [-0.2, -0.15) is 5.10 Å². The Kier molecular flexibility index (Phi) is 3.97. The van der Waals surface area contributed by atoms with Gasteiger partial charge in [-0.1, -0.05) is 12.1 Å². The van der Waals surface area contributed by atoms with E-state index in [1.54, 1.807) is 29.4 Å². The molecule has 2 aromatic heterocycles. The fourth-order valence-corrected chi connectivity index (χ4v) is 3.28. The van der Waals surface area contributed by atoms with Gasteiger partial charge in [0.2, 0.25) is 0 Å². The number of hydrogen-bond acceptors (Lipinski definition) is 4. The molecule has 1 aliphatic rings. The first kappa shape index (κ1) is 15.4. The third-order valence-electron chi connectivity index (χ3n) is 4.45. The molecular formula is C18H16FN5O. The maximum atomic E-state index is 13.2. The normalized spacial score (nSPS) is 17.0. The van der Waals surface area contributed by atoms with Gasteiger partial charge in [0.1, 0.15) is 11.5 Å². The molecule has 1 saturated heterocycles. The predicted molar refractivity (Wildman–Crippen MR) is 89.0 cm³/mol. The van der Waals surface area contributed by atoms with Gasteiger partial charge in [-0.3, -0.25) is 14.9 Å². The minimum absolute atomic E-state index is 0.114. The molecule has 6 nitrogen and oxygen atoms in total. The lowest BCUT2D eigenvalue weighted by Crippen LogP contribution is -2.31. The van der Waals surface area contributed by atoms with E-state index in [0.717, 1.165) is 29.7 Å². The molecule has 4 rings (SSSR count). The Bertz CT molecular complexity index is 878. The summed E-state index contributed by atoms with van der Waals surface area (Å²) in [6.07, 6.45) is 7.98. The predicted octanol–water partition coefficient (Wildman–Crippen LogP) is 2.98. The van der Waals surface area contributed by atoms with E-state index in [2.05, 4.69) is 20.2 Å². The van der Waals surface area contributed by atoms with Gasteiger partial charge in [-0.25, -0.2) is 9.37 Å². The largest absolute Gasteiger partial charge is 0.329 e. The Hall–Kier alpha value is -3.09. The molecule has 0 radical (unpaired) electrons. The Morgan fingerprint density at radius 3 is 2.80 bits per heavy atom. The van der Waals surface area contributed by atoms with Crippen LogP contribution in [0.15, 0.2) is 49.1 Å². The van der Waals surface area contributed by atoms with Gasteiger partial charge >= 0.3 is 0 Å². The van der Waals surface area contributed by atoms with Crippen molar-refractivity contribution in [3.63, 3.8) is 0 Å². The number of likely N-dealkylation sites (tertiary alicyclic amines) is 1.